The van der Waals surface area contributed by atoms with Crippen molar-refractivity contribution in [2.75, 3.05) is 25.1 Å². The number of nitrogens with zero attached hydrogens (tertiary/aromatic N) is 2. The fraction of sp³-hybridized carbons (Fsp3) is 0.280. The number of aromatic nitrogens is 1. The molecule has 3 aromatic rings. The summed E-state index contributed by atoms with van der Waals surface area (Å²) in [5.74, 6) is 1.96. The van der Waals surface area contributed by atoms with Crippen molar-refractivity contribution in [1.82, 2.24) is 10.3 Å². The van der Waals surface area contributed by atoms with Crippen LogP contribution in [0.1, 0.15) is 34.3 Å². The number of rotatable bonds is 8. The summed E-state index contributed by atoms with van der Waals surface area (Å²) in [6.07, 6.45) is 4.27. The Morgan fingerprint density at radius 2 is 1.81 bits per heavy atom. The Morgan fingerprint density at radius 3 is 2.52 bits per heavy atom. The number of nitrogens with one attached hydrogen (secondary N) is 1. The molecule has 1 N–H and O–H groups in total. The second kappa shape index (κ2) is 9.98. The van der Waals surface area contributed by atoms with Crippen LogP contribution in [0, 0.1) is 0 Å². The second-order valence-electron chi connectivity index (χ2n) is 7.54. The molecule has 0 atom stereocenters. The number of carbonyl (C=O) groups is 1. The molecular formula is C25H27N3O3. The molecule has 2 aromatic carbocycles. The van der Waals surface area contributed by atoms with E-state index in [0.717, 1.165) is 30.0 Å². The number of methoxy groups -OCH3 is 1. The minimum Gasteiger partial charge on any atom is -0.493 e. The van der Waals surface area contributed by atoms with Crippen LogP contribution in [-0.2, 0) is 13.2 Å². The van der Waals surface area contributed by atoms with Gasteiger partial charge in [-0.25, -0.2) is 4.98 Å². The molecule has 2 heterocycles. The van der Waals surface area contributed by atoms with Gasteiger partial charge in [-0.3, -0.25) is 4.79 Å². The van der Waals surface area contributed by atoms with Gasteiger partial charge < -0.3 is 19.7 Å². The van der Waals surface area contributed by atoms with Crippen LogP contribution >= 0.6 is 0 Å². The molecule has 0 radical (unpaired) electrons. The van der Waals surface area contributed by atoms with Crippen LogP contribution in [0.5, 0.6) is 11.5 Å². The molecule has 0 spiro atoms. The molecule has 160 valence electrons. The summed E-state index contributed by atoms with van der Waals surface area (Å²) >= 11 is 0. The molecule has 31 heavy (non-hydrogen) atoms. The van der Waals surface area contributed by atoms with Crippen molar-refractivity contribution in [3.05, 3.63) is 83.6 Å². The van der Waals surface area contributed by atoms with Gasteiger partial charge >= 0.3 is 0 Å². The zero-order chi connectivity index (χ0) is 21.5. The van der Waals surface area contributed by atoms with Gasteiger partial charge in [0.25, 0.3) is 5.91 Å². The fourth-order valence-electron chi connectivity index (χ4n) is 3.60. The van der Waals surface area contributed by atoms with Gasteiger partial charge in [0.2, 0.25) is 0 Å². The summed E-state index contributed by atoms with van der Waals surface area (Å²) in [4.78, 5) is 19.4. The molecule has 0 saturated carbocycles. The third kappa shape index (κ3) is 5.34. The molecule has 6 heteroatoms. The van der Waals surface area contributed by atoms with Crippen molar-refractivity contribution >= 4 is 11.7 Å². The lowest BCUT2D eigenvalue weighted by Crippen LogP contribution is -2.23. The molecule has 4 rings (SSSR count). The van der Waals surface area contributed by atoms with Crippen LogP contribution in [0.3, 0.4) is 0 Å². The first-order valence-corrected chi connectivity index (χ1v) is 10.6. The van der Waals surface area contributed by atoms with Gasteiger partial charge in [-0.15, -0.1) is 0 Å². The standard InChI is InChI=1S/C25H27N3O3/c1-30-23-15-21(10-11-22(23)31-18-19-7-3-2-4-8-19)25(29)27-17-20-9-12-24(26-16-20)28-13-5-6-14-28/h2-4,7-12,15-16H,5-6,13-14,17-18H2,1H3,(H,27,29). The number of anilines is 1. The summed E-state index contributed by atoms with van der Waals surface area (Å²) in [5.41, 5.74) is 2.55. The molecule has 0 aliphatic carbocycles. The zero-order valence-corrected chi connectivity index (χ0v) is 17.7. The van der Waals surface area contributed by atoms with Crippen LogP contribution in [0.25, 0.3) is 0 Å². The van der Waals surface area contributed by atoms with Gasteiger partial charge in [0, 0.05) is 31.4 Å². The van der Waals surface area contributed by atoms with E-state index in [1.807, 2.05) is 48.7 Å². The van der Waals surface area contributed by atoms with Crippen molar-refractivity contribution in [2.45, 2.75) is 26.0 Å². The van der Waals surface area contributed by atoms with E-state index in [4.69, 9.17) is 9.47 Å². The van der Waals surface area contributed by atoms with Crippen molar-refractivity contribution in [1.29, 1.82) is 0 Å². The number of hydrogen-bond donors (Lipinski definition) is 1. The molecule has 1 saturated heterocycles. The van der Waals surface area contributed by atoms with Gasteiger partial charge in [0.05, 0.1) is 7.11 Å². The number of ether oxygens (including phenoxy) is 2. The highest BCUT2D eigenvalue weighted by molar-refractivity contribution is 5.94. The van der Waals surface area contributed by atoms with Crippen molar-refractivity contribution in [2.24, 2.45) is 0 Å². The van der Waals surface area contributed by atoms with E-state index in [1.165, 1.54) is 12.8 Å². The lowest BCUT2D eigenvalue weighted by atomic mass is 10.1. The molecule has 1 fully saturated rings. The smallest absolute Gasteiger partial charge is 0.251 e. The predicted molar refractivity (Wildman–Crippen MR) is 121 cm³/mol. The number of carbonyl (C=O) groups excluding carboxylic acids is 1. The SMILES string of the molecule is COc1cc(C(=O)NCc2ccc(N3CCCC3)nc2)ccc1OCc1ccccc1. The largest absolute Gasteiger partial charge is 0.493 e. The maximum Gasteiger partial charge on any atom is 0.251 e. The summed E-state index contributed by atoms with van der Waals surface area (Å²) in [6.45, 7) is 2.98. The van der Waals surface area contributed by atoms with Gasteiger partial charge in [0.15, 0.2) is 11.5 Å². The summed E-state index contributed by atoms with van der Waals surface area (Å²) in [6, 6.07) is 19.2. The maximum atomic E-state index is 12.6. The second-order valence-corrected chi connectivity index (χ2v) is 7.54. The van der Waals surface area contributed by atoms with Crippen molar-refractivity contribution in [3.8, 4) is 11.5 Å². The fourth-order valence-corrected chi connectivity index (χ4v) is 3.60. The highest BCUT2D eigenvalue weighted by Gasteiger charge is 2.14. The Hall–Kier alpha value is -3.54. The van der Waals surface area contributed by atoms with E-state index >= 15 is 0 Å². The first-order chi connectivity index (χ1) is 15.2. The third-order valence-corrected chi connectivity index (χ3v) is 5.36. The van der Waals surface area contributed by atoms with Gasteiger partial charge in [-0.2, -0.15) is 0 Å². The van der Waals surface area contributed by atoms with Crippen molar-refractivity contribution in [3.63, 3.8) is 0 Å². The quantitative estimate of drug-likeness (QED) is 0.595. The van der Waals surface area contributed by atoms with Crippen LogP contribution < -0.4 is 19.7 Å². The van der Waals surface area contributed by atoms with E-state index in [-0.39, 0.29) is 5.91 Å². The van der Waals surface area contributed by atoms with Gasteiger partial charge in [-0.05, 0) is 48.2 Å². The molecule has 0 bridgehead atoms. The van der Waals surface area contributed by atoms with E-state index in [1.54, 1.807) is 25.3 Å². The molecule has 0 unspecified atom stereocenters. The van der Waals surface area contributed by atoms with Gasteiger partial charge in [-0.1, -0.05) is 36.4 Å². The molecule has 1 aromatic heterocycles. The topological polar surface area (TPSA) is 63.7 Å². The van der Waals surface area contributed by atoms with Crippen LogP contribution in [0.15, 0.2) is 66.9 Å². The number of pyridine rings is 1. The van der Waals surface area contributed by atoms with E-state index in [2.05, 4.69) is 15.2 Å². The molecular weight excluding hydrogens is 390 g/mol. The average Bonchev–Trinajstić information content (AvgIpc) is 3.37. The Balaban J connectivity index is 1.34. The van der Waals surface area contributed by atoms with Crippen LogP contribution in [-0.4, -0.2) is 31.1 Å². The van der Waals surface area contributed by atoms with E-state index in [9.17, 15) is 4.79 Å². The first kappa shape index (κ1) is 20.7. The van der Waals surface area contributed by atoms with Crippen LogP contribution in [0.2, 0.25) is 0 Å². The Bertz CT molecular complexity index is 1000. The number of hydrogen-bond acceptors (Lipinski definition) is 5. The first-order valence-electron chi connectivity index (χ1n) is 10.6. The monoisotopic (exact) mass is 417 g/mol. The molecule has 1 aliphatic heterocycles. The Labute approximate surface area is 182 Å². The highest BCUT2D eigenvalue weighted by Crippen LogP contribution is 2.29. The minimum atomic E-state index is -0.170. The molecule has 1 amide bonds. The lowest BCUT2D eigenvalue weighted by Gasteiger charge is -2.16. The van der Waals surface area contributed by atoms with E-state index < -0.39 is 0 Å². The Morgan fingerprint density at radius 1 is 1.00 bits per heavy atom. The third-order valence-electron chi connectivity index (χ3n) is 5.36. The normalized spacial score (nSPS) is 13.1. The Kier molecular flexibility index (Phi) is 6.67. The van der Waals surface area contributed by atoms with E-state index in [0.29, 0.717) is 30.2 Å². The summed E-state index contributed by atoms with van der Waals surface area (Å²) in [5, 5.41) is 2.94. The molecule has 1 aliphatic rings. The van der Waals surface area contributed by atoms with Crippen molar-refractivity contribution < 1.29 is 14.3 Å². The van der Waals surface area contributed by atoms with Crippen LogP contribution in [0.4, 0.5) is 5.82 Å². The predicted octanol–water partition coefficient (Wildman–Crippen LogP) is 4.20. The highest BCUT2D eigenvalue weighted by atomic mass is 16.5. The summed E-state index contributed by atoms with van der Waals surface area (Å²) in [7, 11) is 1.57. The maximum absolute atomic E-state index is 12.6. The molecule has 6 nitrogen and oxygen atoms in total. The summed E-state index contributed by atoms with van der Waals surface area (Å²) < 4.78 is 11.3. The minimum absolute atomic E-state index is 0.170. The average molecular weight is 418 g/mol. The lowest BCUT2D eigenvalue weighted by molar-refractivity contribution is 0.0950. The zero-order valence-electron chi connectivity index (χ0n) is 17.7. The number of amides is 1. The van der Waals surface area contributed by atoms with Gasteiger partial charge in [0.1, 0.15) is 12.4 Å². The number of benzene rings is 2.